The molecule has 41 heavy (non-hydrogen) atoms. The van der Waals surface area contributed by atoms with E-state index in [0.717, 1.165) is 16.7 Å². The van der Waals surface area contributed by atoms with E-state index >= 15 is 0 Å². The van der Waals surface area contributed by atoms with Crippen molar-refractivity contribution in [3.8, 4) is 0 Å². The SMILES string of the molecule is CC(=O)Nc1ccn([C@@H]2O[C@H](COCc3ccccc3)[C@@H](OCc3ccccc3)[C@@H]2OCc2ccccc2)c(=O)c1. The lowest BCUT2D eigenvalue weighted by molar-refractivity contribution is -0.114. The molecule has 0 aliphatic carbocycles. The van der Waals surface area contributed by atoms with E-state index in [1.54, 1.807) is 12.3 Å². The van der Waals surface area contributed by atoms with Crippen LogP contribution in [-0.4, -0.2) is 35.4 Å². The van der Waals surface area contributed by atoms with Crippen molar-refractivity contribution in [3.05, 3.63) is 136 Å². The molecule has 3 aromatic carbocycles. The van der Waals surface area contributed by atoms with Crippen LogP contribution in [0.2, 0.25) is 0 Å². The van der Waals surface area contributed by atoms with Crippen molar-refractivity contribution in [2.75, 3.05) is 11.9 Å². The van der Waals surface area contributed by atoms with Gasteiger partial charge in [-0.3, -0.25) is 14.2 Å². The maximum absolute atomic E-state index is 13.2. The molecule has 0 saturated carbocycles. The van der Waals surface area contributed by atoms with E-state index in [1.165, 1.54) is 17.6 Å². The van der Waals surface area contributed by atoms with Crippen molar-refractivity contribution in [2.24, 2.45) is 0 Å². The highest BCUT2D eigenvalue weighted by atomic mass is 16.6. The zero-order chi connectivity index (χ0) is 28.4. The number of aromatic nitrogens is 1. The van der Waals surface area contributed by atoms with Crippen LogP contribution < -0.4 is 10.9 Å². The molecule has 0 bridgehead atoms. The summed E-state index contributed by atoms with van der Waals surface area (Å²) in [5, 5.41) is 2.65. The fourth-order valence-corrected chi connectivity index (χ4v) is 4.83. The standard InChI is InChI=1S/C33H34N2O6/c1-24(36)34-28-17-18-35(30(37)19-28)33-32(40-22-27-15-9-4-10-16-27)31(39-21-26-13-7-3-8-14-26)29(41-33)23-38-20-25-11-5-2-6-12-25/h2-19,29,31-33H,20-23H2,1H3,(H,34,36)/t29-,31-,32+,33-/m1/s1. The molecule has 1 aromatic heterocycles. The molecule has 4 aromatic rings. The first-order valence-electron chi connectivity index (χ1n) is 13.6. The summed E-state index contributed by atoms with van der Waals surface area (Å²) in [6, 6.07) is 32.7. The molecule has 5 rings (SSSR count). The van der Waals surface area contributed by atoms with Gasteiger partial charge < -0.3 is 24.3 Å². The highest BCUT2D eigenvalue weighted by Gasteiger charge is 2.47. The van der Waals surface area contributed by atoms with Gasteiger partial charge in [-0.05, 0) is 22.8 Å². The molecule has 1 amide bonds. The van der Waals surface area contributed by atoms with Crippen LogP contribution in [-0.2, 0) is 43.6 Å². The summed E-state index contributed by atoms with van der Waals surface area (Å²) in [7, 11) is 0. The number of carbonyl (C=O) groups excluding carboxylic acids is 1. The smallest absolute Gasteiger partial charge is 0.254 e. The number of nitrogens with zero attached hydrogens (tertiary/aromatic N) is 1. The third kappa shape index (κ3) is 7.77. The molecule has 0 spiro atoms. The molecule has 1 aliphatic rings. The highest BCUT2D eigenvalue weighted by molar-refractivity contribution is 5.88. The minimum Gasteiger partial charge on any atom is -0.374 e. The Bertz CT molecular complexity index is 1450. The molecule has 8 heteroatoms. The van der Waals surface area contributed by atoms with Gasteiger partial charge in [-0.1, -0.05) is 91.0 Å². The van der Waals surface area contributed by atoms with E-state index in [4.69, 9.17) is 18.9 Å². The molecule has 1 aliphatic heterocycles. The third-order valence-corrected chi connectivity index (χ3v) is 6.79. The second-order valence-electron chi connectivity index (χ2n) is 9.93. The molecule has 8 nitrogen and oxygen atoms in total. The molecular formula is C33H34N2O6. The number of hydrogen-bond acceptors (Lipinski definition) is 6. The Balaban J connectivity index is 1.41. The number of benzene rings is 3. The largest absolute Gasteiger partial charge is 0.374 e. The van der Waals surface area contributed by atoms with Gasteiger partial charge in [0.15, 0.2) is 6.23 Å². The fraction of sp³-hybridized carbons (Fsp3) is 0.273. The molecule has 2 heterocycles. The lowest BCUT2D eigenvalue weighted by atomic mass is 10.1. The number of pyridine rings is 1. The van der Waals surface area contributed by atoms with Crippen molar-refractivity contribution in [1.82, 2.24) is 4.57 Å². The summed E-state index contributed by atoms with van der Waals surface area (Å²) >= 11 is 0. The number of hydrogen-bond donors (Lipinski definition) is 1. The Morgan fingerprint density at radius 3 is 1.85 bits per heavy atom. The van der Waals surface area contributed by atoms with Gasteiger partial charge in [0.1, 0.15) is 18.3 Å². The Morgan fingerprint density at radius 1 is 0.780 bits per heavy atom. The first kappa shape index (κ1) is 28.4. The van der Waals surface area contributed by atoms with E-state index < -0.39 is 24.5 Å². The Hall–Kier alpha value is -4.08. The van der Waals surface area contributed by atoms with Crippen molar-refractivity contribution < 1.29 is 23.7 Å². The lowest BCUT2D eigenvalue weighted by Crippen LogP contribution is -2.39. The van der Waals surface area contributed by atoms with Crippen LogP contribution in [0.3, 0.4) is 0 Å². The molecule has 212 valence electrons. The van der Waals surface area contributed by atoms with Gasteiger partial charge >= 0.3 is 0 Å². The number of amides is 1. The van der Waals surface area contributed by atoms with Crippen molar-refractivity contribution in [1.29, 1.82) is 0 Å². The predicted molar refractivity (Wildman–Crippen MR) is 155 cm³/mol. The maximum Gasteiger partial charge on any atom is 0.254 e. The van der Waals surface area contributed by atoms with Crippen LogP contribution >= 0.6 is 0 Å². The van der Waals surface area contributed by atoms with Crippen LogP contribution in [0.15, 0.2) is 114 Å². The molecule has 1 N–H and O–H groups in total. The first-order valence-corrected chi connectivity index (χ1v) is 13.6. The minimum absolute atomic E-state index is 0.245. The Labute approximate surface area is 239 Å². The summed E-state index contributed by atoms with van der Waals surface area (Å²) in [6.45, 7) is 2.71. The molecule has 0 radical (unpaired) electrons. The number of rotatable bonds is 12. The lowest BCUT2D eigenvalue weighted by Gasteiger charge is -2.26. The van der Waals surface area contributed by atoms with Gasteiger partial charge in [-0.25, -0.2) is 0 Å². The number of carbonyl (C=O) groups is 1. The summed E-state index contributed by atoms with van der Waals surface area (Å²) in [4.78, 5) is 24.7. The molecular weight excluding hydrogens is 520 g/mol. The van der Waals surface area contributed by atoms with Gasteiger partial charge in [0.2, 0.25) is 5.91 Å². The fourth-order valence-electron chi connectivity index (χ4n) is 4.83. The zero-order valence-electron chi connectivity index (χ0n) is 22.9. The normalized spacial score (nSPS) is 20.1. The topological polar surface area (TPSA) is 88.0 Å². The predicted octanol–water partition coefficient (Wildman–Crippen LogP) is 5.09. The van der Waals surface area contributed by atoms with Gasteiger partial charge in [-0.15, -0.1) is 0 Å². The average molecular weight is 555 g/mol. The van der Waals surface area contributed by atoms with Crippen LogP contribution in [0.25, 0.3) is 0 Å². The maximum atomic E-state index is 13.2. The quantitative estimate of drug-likeness (QED) is 0.263. The summed E-state index contributed by atoms with van der Waals surface area (Å²) in [5.41, 5.74) is 3.13. The molecule has 0 unspecified atom stereocenters. The van der Waals surface area contributed by atoms with Gasteiger partial charge in [0.25, 0.3) is 5.56 Å². The van der Waals surface area contributed by atoms with E-state index in [1.807, 2.05) is 91.0 Å². The van der Waals surface area contributed by atoms with Crippen molar-refractivity contribution >= 4 is 11.6 Å². The third-order valence-electron chi connectivity index (χ3n) is 6.79. The van der Waals surface area contributed by atoms with E-state index in [0.29, 0.717) is 25.5 Å². The van der Waals surface area contributed by atoms with Crippen molar-refractivity contribution in [3.63, 3.8) is 0 Å². The number of nitrogens with one attached hydrogen (secondary N) is 1. The zero-order valence-corrected chi connectivity index (χ0v) is 22.9. The Morgan fingerprint density at radius 2 is 1.32 bits per heavy atom. The summed E-state index contributed by atoms with van der Waals surface area (Å²) < 4.78 is 27.0. The number of ether oxygens (including phenoxy) is 4. The monoisotopic (exact) mass is 554 g/mol. The second kappa shape index (κ2) is 14.0. The highest BCUT2D eigenvalue weighted by Crippen LogP contribution is 2.35. The molecule has 4 atom stereocenters. The average Bonchev–Trinajstić information content (AvgIpc) is 3.33. The van der Waals surface area contributed by atoms with Gasteiger partial charge in [0.05, 0.1) is 26.4 Å². The van der Waals surface area contributed by atoms with Gasteiger partial charge in [0, 0.05) is 24.9 Å². The molecule has 1 saturated heterocycles. The number of anilines is 1. The van der Waals surface area contributed by atoms with Gasteiger partial charge in [-0.2, -0.15) is 0 Å². The summed E-state index contributed by atoms with van der Waals surface area (Å²) in [5.74, 6) is -0.256. The van der Waals surface area contributed by atoms with E-state index in [2.05, 4.69) is 5.32 Å². The van der Waals surface area contributed by atoms with Crippen LogP contribution in [0.4, 0.5) is 5.69 Å². The minimum atomic E-state index is -0.774. The summed E-state index contributed by atoms with van der Waals surface area (Å²) in [6.07, 6.45) is -0.813. The first-order chi connectivity index (χ1) is 20.1. The second-order valence-corrected chi connectivity index (χ2v) is 9.93. The van der Waals surface area contributed by atoms with E-state index in [9.17, 15) is 9.59 Å². The van der Waals surface area contributed by atoms with Crippen LogP contribution in [0.1, 0.15) is 29.8 Å². The van der Waals surface area contributed by atoms with Crippen LogP contribution in [0, 0.1) is 0 Å². The Kier molecular flexibility index (Phi) is 9.72. The van der Waals surface area contributed by atoms with Crippen LogP contribution in [0.5, 0.6) is 0 Å². The van der Waals surface area contributed by atoms with Crippen molar-refractivity contribution in [2.45, 2.75) is 51.3 Å². The van der Waals surface area contributed by atoms with E-state index in [-0.39, 0.29) is 18.1 Å². The molecule has 1 fully saturated rings.